The summed E-state index contributed by atoms with van der Waals surface area (Å²) in [7, 11) is 0. The third-order valence-electron chi connectivity index (χ3n) is 3.09. The number of carbonyl (C=O) groups excluding carboxylic acids is 1. The first-order chi connectivity index (χ1) is 7.41. The minimum absolute atomic E-state index is 0.286. The summed E-state index contributed by atoms with van der Waals surface area (Å²) in [6, 6.07) is 4.14. The molecule has 0 amide bonds. The molecule has 0 fully saturated rings. The van der Waals surface area contributed by atoms with Crippen LogP contribution in [0.3, 0.4) is 0 Å². The fourth-order valence-electron chi connectivity index (χ4n) is 1.82. The molecule has 1 aromatic carbocycles. The van der Waals surface area contributed by atoms with E-state index in [-0.39, 0.29) is 5.78 Å². The van der Waals surface area contributed by atoms with Gasteiger partial charge in [0, 0.05) is 12.0 Å². The number of aryl methyl sites for hydroxylation is 3. The SMILES string of the molecule is Cc1cc(C)c(C(=O)CCC(C)C)cc1C. The molecule has 1 aromatic rings. The lowest BCUT2D eigenvalue weighted by molar-refractivity contribution is 0.0975. The first-order valence-electron chi connectivity index (χ1n) is 6.03. The molecule has 0 spiro atoms. The maximum absolute atomic E-state index is 12.0. The zero-order chi connectivity index (χ0) is 12.3. The Morgan fingerprint density at radius 3 is 2.19 bits per heavy atom. The lowest BCUT2D eigenvalue weighted by atomic mass is 9.94. The summed E-state index contributed by atoms with van der Waals surface area (Å²) in [6.45, 7) is 10.5. The van der Waals surface area contributed by atoms with E-state index in [9.17, 15) is 4.79 Å². The molecule has 0 unspecified atom stereocenters. The second-order valence-corrected chi connectivity index (χ2v) is 5.11. The summed E-state index contributed by atoms with van der Waals surface area (Å²) >= 11 is 0. The molecule has 0 aliphatic heterocycles. The Hall–Kier alpha value is -1.11. The largest absolute Gasteiger partial charge is 0.294 e. The van der Waals surface area contributed by atoms with Crippen molar-refractivity contribution in [2.75, 3.05) is 0 Å². The Balaban J connectivity index is 2.87. The van der Waals surface area contributed by atoms with E-state index in [4.69, 9.17) is 0 Å². The molecule has 0 bridgehead atoms. The molecule has 16 heavy (non-hydrogen) atoms. The van der Waals surface area contributed by atoms with Gasteiger partial charge < -0.3 is 0 Å². The summed E-state index contributed by atoms with van der Waals surface area (Å²) in [6.07, 6.45) is 1.65. The summed E-state index contributed by atoms with van der Waals surface area (Å²) in [4.78, 5) is 12.0. The van der Waals surface area contributed by atoms with Gasteiger partial charge >= 0.3 is 0 Å². The van der Waals surface area contributed by atoms with Crippen molar-refractivity contribution >= 4 is 5.78 Å². The number of Topliss-reactive ketones (excluding diaryl/α,β-unsaturated/α-hetero) is 1. The van der Waals surface area contributed by atoms with E-state index in [1.54, 1.807) is 0 Å². The fraction of sp³-hybridized carbons (Fsp3) is 0.533. The molecule has 0 N–H and O–H groups in total. The zero-order valence-electron chi connectivity index (χ0n) is 11.1. The highest BCUT2D eigenvalue weighted by atomic mass is 16.1. The third kappa shape index (κ3) is 3.19. The van der Waals surface area contributed by atoms with Crippen molar-refractivity contribution in [3.8, 4) is 0 Å². The van der Waals surface area contributed by atoms with Crippen LogP contribution >= 0.6 is 0 Å². The van der Waals surface area contributed by atoms with Gasteiger partial charge in [-0.25, -0.2) is 0 Å². The van der Waals surface area contributed by atoms with Crippen molar-refractivity contribution in [2.24, 2.45) is 5.92 Å². The molecular weight excluding hydrogens is 196 g/mol. The van der Waals surface area contributed by atoms with Crippen molar-refractivity contribution in [2.45, 2.75) is 47.5 Å². The first kappa shape index (κ1) is 13.0. The Bertz CT molecular complexity index is 389. The summed E-state index contributed by atoms with van der Waals surface area (Å²) < 4.78 is 0. The minimum atomic E-state index is 0.286. The van der Waals surface area contributed by atoms with E-state index in [1.807, 2.05) is 13.0 Å². The number of rotatable bonds is 4. The topological polar surface area (TPSA) is 17.1 Å². The second kappa shape index (κ2) is 5.29. The Labute approximate surface area is 98.9 Å². The van der Waals surface area contributed by atoms with Crippen LogP contribution in [0.4, 0.5) is 0 Å². The zero-order valence-corrected chi connectivity index (χ0v) is 11.1. The number of benzene rings is 1. The molecule has 1 heteroatoms. The van der Waals surface area contributed by atoms with E-state index >= 15 is 0 Å². The van der Waals surface area contributed by atoms with Crippen molar-refractivity contribution < 1.29 is 4.79 Å². The maximum atomic E-state index is 12.0. The number of hydrogen-bond donors (Lipinski definition) is 0. The van der Waals surface area contributed by atoms with Crippen molar-refractivity contribution in [3.63, 3.8) is 0 Å². The molecule has 0 aliphatic carbocycles. The van der Waals surface area contributed by atoms with Gasteiger partial charge in [-0.3, -0.25) is 4.79 Å². The highest BCUT2D eigenvalue weighted by Crippen LogP contribution is 2.18. The van der Waals surface area contributed by atoms with Crippen LogP contribution < -0.4 is 0 Å². The summed E-state index contributed by atoms with van der Waals surface area (Å²) in [5, 5.41) is 0. The van der Waals surface area contributed by atoms with E-state index in [0.29, 0.717) is 12.3 Å². The first-order valence-corrected chi connectivity index (χ1v) is 6.03. The van der Waals surface area contributed by atoms with Crippen molar-refractivity contribution in [1.82, 2.24) is 0 Å². The molecule has 88 valence electrons. The number of carbonyl (C=O) groups is 1. The molecule has 0 saturated carbocycles. The van der Waals surface area contributed by atoms with Crippen LogP contribution in [-0.4, -0.2) is 5.78 Å². The number of hydrogen-bond acceptors (Lipinski definition) is 1. The molecule has 1 rings (SSSR count). The fourth-order valence-corrected chi connectivity index (χ4v) is 1.82. The predicted octanol–water partition coefficient (Wildman–Crippen LogP) is 4.23. The standard InChI is InChI=1S/C15H22O/c1-10(2)6-7-15(16)14-9-12(4)11(3)8-13(14)5/h8-10H,6-7H2,1-5H3. The van der Waals surface area contributed by atoms with E-state index in [2.05, 4.69) is 33.8 Å². The Morgan fingerprint density at radius 1 is 1.06 bits per heavy atom. The van der Waals surface area contributed by atoms with Crippen LogP contribution in [0.25, 0.3) is 0 Å². The Morgan fingerprint density at radius 2 is 1.62 bits per heavy atom. The van der Waals surface area contributed by atoms with E-state index in [1.165, 1.54) is 11.1 Å². The van der Waals surface area contributed by atoms with Crippen LogP contribution in [0, 0.1) is 26.7 Å². The van der Waals surface area contributed by atoms with Gasteiger partial charge in [-0.1, -0.05) is 19.9 Å². The minimum Gasteiger partial charge on any atom is -0.294 e. The van der Waals surface area contributed by atoms with Gasteiger partial charge in [0.15, 0.2) is 5.78 Å². The normalized spacial score (nSPS) is 10.9. The van der Waals surface area contributed by atoms with Crippen LogP contribution in [0.5, 0.6) is 0 Å². The second-order valence-electron chi connectivity index (χ2n) is 5.11. The third-order valence-corrected chi connectivity index (χ3v) is 3.09. The average molecular weight is 218 g/mol. The van der Waals surface area contributed by atoms with Crippen LogP contribution in [-0.2, 0) is 0 Å². The highest BCUT2D eigenvalue weighted by molar-refractivity contribution is 5.97. The van der Waals surface area contributed by atoms with Crippen LogP contribution in [0.1, 0.15) is 53.7 Å². The van der Waals surface area contributed by atoms with Gasteiger partial charge in [0.25, 0.3) is 0 Å². The van der Waals surface area contributed by atoms with Gasteiger partial charge in [0.2, 0.25) is 0 Å². The van der Waals surface area contributed by atoms with Gasteiger partial charge in [-0.15, -0.1) is 0 Å². The van der Waals surface area contributed by atoms with Gasteiger partial charge in [0.05, 0.1) is 0 Å². The summed E-state index contributed by atoms with van der Waals surface area (Å²) in [5.74, 6) is 0.880. The molecule has 0 saturated heterocycles. The molecule has 0 radical (unpaired) electrons. The lowest BCUT2D eigenvalue weighted by Gasteiger charge is -2.09. The van der Waals surface area contributed by atoms with E-state index in [0.717, 1.165) is 17.5 Å². The lowest BCUT2D eigenvalue weighted by Crippen LogP contribution is -2.04. The number of ketones is 1. The molecule has 1 nitrogen and oxygen atoms in total. The molecule has 0 aliphatic rings. The van der Waals surface area contributed by atoms with Gasteiger partial charge in [-0.2, -0.15) is 0 Å². The Kier molecular flexibility index (Phi) is 4.28. The smallest absolute Gasteiger partial charge is 0.163 e. The van der Waals surface area contributed by atoms with Gasteiger partial charge in [0.1, 0.15) is 0 Å². The van der Waals surface area contributed by atoms with E-state index < -0.39 is 0 Å². The van der Waals surface area contributed by atoms with Crippen LogP contribution in [0.2, 0.25) is 0 Å². The highest BCUT2D eigenvalue weighted by Gasteiger charge is 2.11. The molecular formula is C15H22O. The monoisotopic (exact) mass is 218 g/mol. The molecule has 0 atom stereocenters. The quantitative estimate of drug-likeness (QED) is 0.691. The molecule has 0 heterocycles. The maximum Gasteiger partial charge on any atom is 0.163 e. The van der Waals surface area contributed by atoms with Crippen LogP contribution in [0.15, 0.2) is 12.1 Å². The predicted molar refractivity (Wildman–Crippen MR) is 69.1 cm³/mol. The summed E-state index contributed by atoms with van der Waals surface area (Å²) in [5.41, 5.74) is 4.48. The van der Waals surface area contributed by atoms with Crippen molar-refractivity contribution in [1.29, 1.82) is 0 Å². The molecule has 0 aromatic heterocycles. The average Bonchev–Trinajstić information content (AvgIpc) is 2.20. The van der Waals surface area contributed by atoms with Crippen molar-refractivity contribution in [3.05, 3.63) is 34.4 Å². The van der Waals surface area contributed by atoms with Gasteiger partial charge in [-0.05, 0) is 55.9 Å².